The summed E-state index contributed by atoms with van der Waals surface area (Å²) >= 11 is 0. The van der Waals surface area contributed by atoms with Crippen molar-refractivity contribution in [3.63, 3.8) is 0 Å². The molecule has 6 N–H and O–H groups in total. The third kappa shape index (κ3) is 8.50. The summed E-state index contributed by atoms with van der Waals surface area (Å²) in [5, 5.41) is 26.5. The average molecular weight is 512 g/mol. The van der Waals surface area contributed by atoms with Crippen LogP contribution in [0.25, 0.3) is 0 Å². The molecule has 38 heavy (non-hydrogen) atoms. The molecule has 0 fully saturated rings. The Bertz CT molecular complexity index is 1380. The van der Waals surface area contributed by atoms with Crippen LogP contribution in [0.3, 0.4) is 0 Å². The van der Waals surface area contributed by atoms with E-state index in [1.807, 2.05) is 6.07 Å². The molecular weight excluding hydrogens is 486 g/mol. The summed E-state index contributed by atoms with van der Waals surface area (Å²) in [7, 11) is 0. The maximum Gasteiger partial charge on any atom is 0.268 e. The molecule has 3 aromatic rings. The van der Waals surface area contributed by atoms with Gasteiger partial charge in [0.25, 0.3) is 11.8 Å². The standard InChI is InChI=1S/C28H25N5O5/c1-19(34)26(28(37)33-38)32-27(36)22-12-8-20(9-13-22)5-2-3-6-21-10-14-23(15-11-21)31-25(35)18-30-24-7-4-16-29-17-24/h4,7-17,19,26,30,34,38H,18H2,1H3,(H,31,35)(H,32,36)(H,33,37)/t19-,26+/m1/s1. The van der Waals surface area contributed by atoms with Crippen LogP contribution in [0, 0.1) is 23.7 Å². The fourth-order valence-corrected chi connectivity index (χ4v) is 3.10. The molecule has 2 atom stereocenters. The van der Waals surface area contributed by atoms with E-state index < -0.39 is 24.0 Å². The van der Waals surface area contributed by atoms with Gasteiger partial charge in [0.05, 0.1) is 18.3 Å². The summed E-state index contributed by atoms with van der Waals surface area (Å²) in [6, 6.07) is 15.6. The van der Waals surface area contributed by atoms with E-state index in [0.717, 1.165) is 11.3 Å². The molecule has 2 aromatic carbocycles. The first kappa shape index (κ1) is 27.4. The van der Waals surface area contributed by atoms with Gasteiger partial charge in [0.1, 0.15) is 6.04 Å². The smallest absolute Gasteiger partial charge is 0.268 e. The van der Waals surface area contributed by atoms with Crippen molar-refractivity contribution in [3.05, 3.63) is 89.7 Å². The number of aliphatic hydroxyl groups excluding tert-OH is 1. The number of amides is 3. The number of rotatable bonds is 8. The van der Waals surface area contributed by atoms with Crippen LogP contribution in [-0.4, -0.2) is 51.7 Å². The molecule has 0 unspecified atom stereocenters. The number of nitrogens with one attached hydrogen (secondary N) is 4. The quantitative estimate of drug-likeness (QED) is 0.152. The normalized spacial score (nSPS) is 11.3. The molecule has 1 heterocycles. The van der Waals surface area contributed by atoms with E-state index in [4.69, 9.17) is 5.21 Å². The van der Waals surface area contributed by atoms with Gasteiger partial charge < -0.3 is 21.1 Å². The lowest BCUT2D eigenvalue weighted by molar-refractivity contribution is -0.133. The molecule has 10 nitrogen and oxygen atoms in total. The van der Waals surface area contributed by atoms with Gasteiger partial charge in [0.15, 0.2) is 0 Å². The Morgan fingerprint density at radius 1 is 0.921 bits per heavy atom. The summed E-state index contributed by atoms with van der Waals surface area (Å²) in [6.45, 7) is 1.42. The van der Waals surface area contributed by atoms with Crippen LogP contribution in [0.4, 0.5) is 11.4 Å². The zero-order valence-electron chi connectivity index (χ0n) is 20.4. The highest BCUT2D eigenvalue weighted by atomic mass is 16.5. The topological polar surface area (TPSA) is 153 Å². The molecule has 3 amide bonds. The summed E-state index contributed by atoms with van der Waals surface area (Å²) < 4.78 is 0. The number of hydroxylamine groups is 1. The first-order valence-electron chi connectivity index (χ1n) is 11.4. The molecule has 1 aromatic heterocycles. The van der Waals surface area contributed by atoms with E-state index in [2.05, 4.69) is 44.6 Å². The molecule has 0 radical (unpaired) electrons. The van der Waals surface area contributed by atoms with Gasteiger partial charge in [0.2, 0.25) is 5.91 Å². The van der Waals surface area contributed by atoms with Gasteiger partial charge in [-0.1, -0.05) is 11.8 Å². The van der Waals surface area contributed by atoms with E-state index in [1.54, 1.807) is 54.9 Å². The van der Waals surface area contributed by atoms with Crippen molar-refractivity contribution in [1.82, 2.24) is 15.8 Å². The number of anilines is 2. The van der Waals surface area contributed by atoms with Gasteiger partial charge in [-0.25, -0.2) is 5.48 Å². The fraction of sp³-hybridized carbons (Fsp3) is 0.143. The molecular formula is C28H25N5O5. The van der Waals surface area contributed by atoms with Crippen LogP contribution in [0.15, 0.2) is 73.1 Å². The third-order valence-electron chi connectivity index (χ3n) is 5.07. The number of pyridine rings is 1. The molecule has 0 aliphatic rings. The Morgan fingerprint density at radius 2 is 1.55 bits per heavy atom. The number of benzene rings is 2. The van der Waals surface area contributed by atoms with E-state index in [0.29, 0.717) is 11.3 Å². The highest BCUT2D eigenvalue weighted by molar-refractivity contribution is 5.97. The summed E-state index contributed by atoms with van der Waals surface area (Å²) in [5.74, 6) is 9.57. The lowest BCUT2D eigenvalue weighted by Gasteiger charge is -2.19. The average Bonchev–Trinajstić information content (AvgIpc) is 2.94. The predicted octanol–water partition coefficient (Wildman–Crippen LogP) is 1.52. The Hall–Kier alpha value is -5.16. The van der Waals surface area contributed by atoms with E-state index >= 15 is 0 Å². The number of aromatic nitrogens is 1. The van der Waals surface area contributed by atoms with Gasteiger partial charge in [0, 0.05) is 34.8 Å². The Balaban J connectivity index is 1.51. The molecule has 10 heteroatoms. The number of hydrogen-bond donors (Lipinski definition) is 6. The third-order valence-corrected chi connectivity index (χ3v) is 5.07. The number of carbonyl (C=O) groups is 3. The van der Waals surface area contributed by atoms with Crippen LogP contribution in [0.1, 0.15) is 28.4 Å². The zero-order chi connectivity index (χ0) is 27.3. The van der Waals surface area contributed by atoms with E-state index in [-0.39, 0.29) is 18.0 Å². The van der Waals surface area contributed by atoms with Crippen molar-refractivity contribution >= 4 is 29.1 Å². The fourth-order valence-electron chi connectivity index (χ4n) is 3.10. The summed E-state index contributed by atoms with van der Waals surface area (Å²) in [5.41, 5.74) is 4.39. The van der Waals surface area contributed by atoms with Crippen molar-refractivity contribution in [3.8, 4) is 23.7 Å². The molecule has 0 saturated heterocycles. The first-order valence-corrected chi connectivity index (χ1v) is 11.4. The minimum Gasteiger partial charge on any atom is -0.391 e. The SMILES string of the molecule is C[C@@H](O)[C@H](NC(=O)c1ccc(C#CC#Cc2ccc(NC(=O)CNc3cccnc3)cc2)cc1)C(=O)NO. The Morgan fingerprint density at radius 3 is 2.11 bits per heavy atom. The number of nitrogens with zero attached hydrogens (tertiary/aromatic N) is 1. The number of aliphatic hydroxyl groups is 1. The second kappa shape index (κ2) is 13.8. The molecule has 0 spiro atoms. The van der Waals surface area contributed by atoms with Gasteiger partial charge in [-0.2, -0.15) is 0 Å². The van der Waals surface area contributed by atoms with Crippen LogP contribution in [0.5, 0.6) is 0 Å². The first-order chi connectivity index (χ1) is 18.4. The molecule has 0 aliphatic carbocycles. The predicted molar refractivity (Wildman–Crippen MR) is 141 cm³/mol. The second-order valence-corrected chi connectivity index (χ2v) is 7.97. The molecule has 0 aliphatic heterocycles. The lowest BCUT2D eigenvalue weighted by Crippen LogP contribution is -2.51. The van der Waals surface area contributed by atoms with Crippen LogP contribution >= 0.6 is 0 Å². The highest BCUT2D eigenvalue weighted by Crippen LogP contribution is 2.09. The van der Waals surface area contributed by atoms with Gasteiger partial charge in [-0.15, -0.1) is 0 Å². The van der Waals surface area contributed by atoms with Crippen LogP contribution in [0.2, 0.25) is 0 Å². The second-order valence-electron chi connectivity index (χ2n) is 7.97. The monoisotopic (exact) mass is 511 g/mol. The number of carbonyl (C=O) groups excluding carboxylic acids is 3. The van der Waals surface area contributed by atoms with Crippen molar-refractivity contribution in [2.75, 3.05) is 17.2 Å². The Kier molecular flexibility index (Phi) is 9.96. The molecule has 192 valence electrons. The van der Waals surface area contributed by atoms with Gasteiger partial charge in [-0.05, 0) is 79.4 Å². The van der Waals surface area contributed by atoms with Crippen LogP contribution in [-0.2, 0) is 9.59 Å². The summed E-state index contributed by atoms with van der Waals surface area (Å²) in [6.07, 6.45) is 2.09. The van der Waals surface area contributed by atoms with Crippen molar-refractivity contribution < 1.29 is 24.7 Å². The summed E-state index contributed by atoms with van der Waals surface area (Å²) in [4.78, 5) is 39.9. The van der Waals surface area contributed by atoms with Gasteiger partial charge >= 0.3 is 0 Å². The van der Waals surface area contributed by atoms with Crippen LogP contribution < -0.4 is 21.4 Å². The van der Waals surface area contributed by atoms with Crippen molar-refractivity contribution in [1.29, 1.82) is 0 Å². The van der Waals surface area contributed by atoms with Crippen molar-refractivity contribution in [2.24, 2.45) is 0 Å². The maximum atomic E-state index is 12.3. The van der Waals surface area contributed by atoms with Crippen molar-refractivity contribution in [2.45, 2.75) is 19.1 Å². The number of hydrogen-bond acceptors (Lipinski definition) is 7. The largest absolute Gasteiger partial charge is 0.391 e. The molecule has 0 saturated carbocycles. The van der Waals surface area contributed by atoms with Gasteiger partial charge in [-0.3, -0.25) is 24.6 Å². The minimum absolute atomic E-state index is 0.109. The van der Waals surface area contributed by atoms with E-state index in [9.17, 15) is 19.5 Å². The minimum atomic E-state index is -1.30. The highest BCUT2D eigenvalue weighted by Gasteiger charge is 2.25. The van der Waals surface area contributed by atoms with E-state index in [1.165, 1.54) is 24.5 Å². The molecule has 0 bridgehead atoms. The maximum absolute atomic E-state index is 12.3. The lowest BCUT2D eigenvalue weighted by atomic mass is 10.1. The zero-order valence-corrected chi connectivity index (χ0v) is 20.4. The Labute approximate surface area is 219 Å². The molecule has 3 rings (SSSR count).